The van der Waals surface area contributed by atoms with Crippen LogP contribution >= 0.6 is 0 Å². The summed E-state index contributed by atoms with van der Waals surface area (Å²) in [4.78, 5) is 17.3. The van der Waals surface area contributed by atoms with Crippen LogP contribution in [0.15, 0.2) is 103 Å². The third-order valence-electron chi connectivity index (χ3n) is 7.64. The molecule has 1 saturated heterocycles. The van der Waals surface area contributed by atoms with Crippen molar-refractivity contribution in [2.24, 2.45) is 0 Å². The zero-order valence-electron chi connectivity index (χ0n) is 24.1. The number of anilines is 1. The smallest absolute Gasteiger partial charge is 0.253 e. The summed E-state index contributed by atoms with van der Waals surface area (Å²) in [6, 6.07) is 35.1. The van der Waals surface area contributed by atoms with Crippen LogP contribution in [0.3, 0.4) is 0 Å². The largest absolute Gasteiger partial charge is 0.457 e. The van der Waals surface area contributed by atoms with Crippen LogP contribution in [0.1, 0.15) is 46.9 Å². The molecule has 1 aliphatic rings. The summed E-state index contributed by atoms with van der Waals surface area (Å²) in [7, 11) is 0. The molecule has 1 heterocycles. The van der Waals surface area contributed by atoms with Gasteiger partial charge < -0.3 is 20.3 Å². The van der Waals surface area contributed by atoms with Crippen molar-refractivity contribution in [1.82, 2.24) is 15.1 Å². The first-order valence-electron chi connectivity index (χ1n) is 14.6. The number of carbonyl (C=O) groups excluding carboxylic acids is 1. The van der Waals surface area contributed by atoms with E-state index in [-0.39, 0.29) is 11.9 Å². The standard InChI is InChI=1S/C35H40N4O2/c1-3-38(4-2)35(40)29-17-15-28(16-18-29)34(39-23-21-36-22-24-39)30-9-8-10-31(25-30)37-26-27-13-19-33(20-14-27)41-32-11-6-5-7-12-32/h5-20,25,34,36-37H,3-4,21-24,26H2,1-2H3/t34-/m1/s1. The van der Waals surface area contributed by atoms with Crippen LogP contribution in [0.5, 0.6) is 11.5 Å². The number of benzene rings is 4. The van der Waals surface area contributed by atoms with E-state index >= 15 is 0 Å². The highest BCUT2D eigenvalue weighted by atomic mass is 16.5. The van der Waals surface area contributed by atoms with Crippen LogP contribution in [0, 0.1) is 0 Å². The summed E-state index contributed by atoms with van der Waals surface area (Å²) in [5, 5.41) is 7.08. The van der Waals surface area contributed by atoms with Crippen LogP contribution in [0.2, 0.25) is 0 Å². The number of nitrogens with one attached hydrogen (secondary N) is 2. The molecule has 0 unspecified atom stereocenters. The molecule has 212 valence electrons. The van der Waals surface area contributed by atoms with Gasteiger partial charge in [0.2, 0.25) is 0 Å². The number of ether oxygens (including phenoxy) is 1. The number of rotatable bonds is 11. The molecule has 1 aliphatic heterocycles. The third-order valence-corrected chi connectivity index (χ3v) is 7.64. The van der Waals surface area contributed by atoms with Crippen molar-refractivity contribution in [1.29, 1.82) is 0 Å². The second-order valence-electron chi connectivity index (χ2n) is 10.3. The molecule has 1 fully saturated rings. The van der Waals surface area contributed by atoms with Crippen LogP contribution in [-0.2, 0) is 6.54 Å². The van der Waals surface area contributed by atoms with Crippen molar-refractivity contribution in [2.75, 3.05) is 44.6 Å². The summed E-state index contributed by atoms with van der Waals surface area (Å²) >= 11 is 0. The fourth-order valence-electron chi connectivity index (χ4n) is 5.38. The summed E-state index contributed by atoms with van der Waals surface area (Å²) < 4.78 is 5.93. The van der Waals surface area contributed by atoms with Gasteiger partial charge in [0.05, 0.1) is 6.04 Å². The minimum absolute atomic E-state index is 0.0890. The highest BCUT2D eigenvalue weighted by molar-refractivity contribution is 5.94. The Bertz CT molecular complexity index is 1380. The van der Waals surface area contributed by atoms with Gasteiger partial charge in [0.25, 0.3) is 5.91 Å². The molecule has 0 aromatic heterocycles. The minimum Gasteiger partial charge on any atom is -0.457 e. The summed E-state index contributed by atoms with van der Waals surface area (Å²) in [6.07, 6.45) is 0. The van der Waals surface area contributed by atoms with E-state index in [1.54, 1.807) is 0 Å². The molecule has 6 nitrogen and oxygen atoms in total. The summed E-state index contributed by atoms with van der Waals surface area (Å²) in [5.74, 6) is 1.75. The molecular formula is C35H40N4O2. The second-order valence-corrected chi connectivity index (χ2v) is 10.3. The SMILES string of the molecule is CCN(CC)C(=O)c1ccc([C@H](c2cccc(NCc3ccc(Oc4ccccc4)cc3)c2)N2CCNCC2)cc1. The third kappa shape index (κ3) is 7.34. The summed E-state index contributed by atoms with van der Waals surface area (Å²) in [5.41, 5.74) is 5.45. The average molecular weight is 549 g/mol. The Kier molecular flexibility index (Phi) is 9.68. The topological polar surface area (TPSA) is 56.8 Å². The molecule has 0 saturated carbocycles. The number of amides is 1. The lowest BCUT2D eigenvalue weighted by Crippen LogP contribution is -2.45. The van der Waals surface area contributed by atoms with Crippen molar-refractivity contribution in [3.63, 3.8) is 0 Å². The molecule has 4 aromatic rings. The van der Waals surface area contributed by atoms with Crippen molar-refractivity contribution >= 4 is 11.6 Å². The van der Waals surface area contributed by atoms with Crippen LogP contribution in [0.4, 0.5) is 5.69 Å². The van der Waals surface area contributed by atoms with Crippen molar-refractivity contribution in [2.45, 2.75) is 26.4 Å². The van der Waals surface area contributed by atoms with Crippen molar-refractivity contribution < 1.29 is 9.53 Å². The lowest BCUT2D eigenvalue weighted by Gasteiger charge is -2.36. The molecule has 0 bridgehead atoms. The minimum atomic E-state index is 0.0890. The van der Waals surface area contributed by atoms with Gasteiger partial charge in [0.15, 0.2) is 0 Å². The molecule has 2 N–H and O–H groups in total. The first-order valence-corrected chi connectivity index (χ1v) is 14.6. The van der Waals surface area contributed by atoms with Crippen LogP contribution in [0.25, 0.3) is 0 Å². The van der Waals surface area contributed by atoms with Gasteiger partial charge in [0.1, 0.15) is 11.5 Å². The van der Waals surface area contributed by atoms with Crippen LogP contribution < -0.4 is 15.4 Å². The maximum atomic E-state index is 12.9. The van der Waals surface area contributed by atoms with Gasteiger partial charge in [-0.2, -0.15) is 0 Å². The van der Waals surface area contributed by atoms with Gasteiger partial charge in [-0.3, -0.25) is 9.69 Å². The van der Waals surface area contributed by atoms with Gasteiger partial charge in [0, 0.05) is 57.1 Å². The zero-order valence-corrected chi connectivity index (χ0v) is 24.1. The lowest BCUT2D eigenvalue weighted by atomic mass is 9.95. The predicted molar refractivity (Wildman–Crippen MR) is 167 cm³/mol. The van der Waals surface area contributed by atoms with Crippen molar-refractivity contribution in [3.05, 3.63) is 125 Å². The van der Waals surface area contributed by atoms with E-state index in [9.17, 15) is 4.79 Å². The van der Waals surface area contributed by atoms with E-state index < -0.39 is 0 Å². The Labute approximate surface area is 244 Å². The van der Waals surface area contributed by atoms with Crippen molar-refractivity contribution in [3.8, 4) is 11.5 Å². The Morgan fingerprint density at radius 2 is 1.51 bits per heavy atom. The zero-order chi connectivity index (χ0) is 28.4. The quantitative estimate of drug-likeness (QED) is 0.222. The highest BCUT2D eigenvalue weighted by Crippen LogP contribution is 2.31. The van der Waals surface area contributed by atoms with E-state index in [0.717, 1.165) is 55.5 Å². The highest BCUT2D eigenvalue weighted by Gasteiger charge is 2.24. The number of hydrogen-bond donors (Lipinski definition) is 2. The second kappa shape index (κ2) is 14.0. The monoisotopic (exact) mass is 548 g/mol. The van der Waals surface area contributed by atoms with E-state index in [4.69, 9.17) is 4.74 Å². The van der Waals surface area contributed by atoms with E-state index in [1.807, 2.05) is 73.3 Å². The van der Waals surface area contributed by atoms with Gasteiger partial charge in [-0.05, 0) is 79.1 Å². The number of para-hydroxylation sites is 1. The molecule has 0 aliphatic carbocycles. The van der Waals surface area contributed by atoms with Gasteiger partial charge in [-0.1, -0.05) is 54.6 Å². The molecule has 4 aromatic carbocycles. The van der Waals surface area contributed by atoms with Gasteiger partial charge >= 0.3 is 0 Å². The molecule has 0 radical (unpaired) electrons. The molecule has 1 atom stereocenters. The predicted octanol–water partition coefficient (Wildman–Crippen LogP) is 6.57. The molecule has 6 heteroatoms. The molecule has 0 spiro atoms. The number of carbonyl (C=O) groups is 1. The number of hydrogen-bond acceptors (Lipinski definition) is 5. The normalized spacial score (nSPS) is 14.3. The average Bonchev–Trinajstić information content (AvgIpc) is 3.03. The Hall–Kier alpha value is -4.13. The maximum absolute atomic E-state index is 12.9. The molecule has 1 amide bonds. The molecular weight excluding hydrogens is 508 g/mol. The van der Waals surface area contributed by atoms with E-state index in [0.29, 0.717) is 13.1 Å². The first-order chi connectivity index (χ1) is 20.1. The van der Waals surface area contributed by atoms with E-state index in [2.05, 4.69) is 64.1 Å². The van der Waals surface area contributed by atoms with E-state index in [1.165, 1.54) is 16.7 Å². The summed E-state index contributed by atoms with van der Waals surface area (Å²) in [6.45, 7) is 10.1. The number of piperazine rings is 1. The maximum Gasteiger partial charge on any atom is 0.253 e. The Balaban J connectivity index is 1.30. The van der Waals surface area contributed by atoms with Gasteiger partial charge in [-0.25, -0.2) is 0 Å². The fraction of sp³-hybridized carbons (Fsp3) is 0.286. The number of nitrogens with zero attached hydrogens (tertiary/aromatic N) is 2. The lowest BCUT2D eigenvalue weighted by molar-refractivity contribution is 0.0773. The van der Waals surface area contributed by atoms with Gasteiger partial charge in [-0.15, -0.1) is 0 Å². The Morgan fingerprint density at radius 1 is 0.829 bits per heavy atom. The molecule has 5 rings (SSSR count). The Morgan fingerprint density at radius 3 is 2.20 bits per heavy atom. The first kappa shape index (κ1) is 28.4. The fourth-order valence-corrected chi connectivity index (χ4v) is 5.38. The molecule has 41 heavy (non-hydrogen) atoms. The van der Waals surface area contributed by atoms with Crippen LogP contribution in [-0.4, -0.2) is 55.0 Å².